The fourth-order valence-corrected chi connectivity index (χ4v) is 4.41. The maximum absolute atomic E-state index is 11.8. The minimum Gasteiger partial charge on any atom is -0.496 e. The van der Waals surface area contributed by atoms with Gasteiger partial charge >= 0.3 is 6.03 Å². The van der Waals surface area contributed by atoms with E-state index in [0.29, 0.717) is 11.7 Å². The lowest BCUT2D eigenvalue weighted by Gasteiger charge is -2.30. The summed E-state index contributed by atoms with van der Waals surface area (Å²) in [4.78, 5) is 27.8. The van der Waals surface area contributed by atoms with E-state index in [-0.39, 0.29) is 6.03 Å². The summed E-state index contributed by atoms with van der Waals surface area (Å²) in [6.07, 6.45) is 6.02. The SMILES string of the molecule is CCNC(=O)Nc1nc2cc(-c3cnc(N4CCC(C)CC4)nc3)c(OC)cc2s1. The summed E-state index contributed by atoms with van der Waals surface area (Å²) in [5.74, 6) is 2.26. The second-order valence-electron chi connectivity index (χ2n) is 7.46. The molecule has 0 aliphatic carbocycles. The molecular formula is C21H26N6O2S. The summed E-state index contributed by atoms with van der Waals surface area (Å²) in [5, 5.41) is 6.01. The normalized spacial score (nSPS) is 14.7. The number of rotatable bonds is 5. The molecule has 2 aromatic heterocycles. The van der Waals surface area contributed by atoms with E-state index in [9.17, 15) is 4.79 Å². The number of piperidine rings is 1. The first kappa shape index (κ1) is 20.3. The van der Waals surface area contributed by atoms with Crippen molar-refractivity contribution in [1.82, 2.24) is 20.3 Å². The summed E-state index contributed by atoms with van der Waals surface area (Å²) < 4.78 is 6.54. The zero-order valence-corrected chi connectivity index (χ0v) is 18.3. The van der Waals surface area contributed by atoms with Crippen LogP contribution >= 0.6 is 11.3 Å². The highest BCUT2D eigenvalue weighted by Crippen LogP contribution is 2.37. The Kier molecular flexibility index (Phi) is 5.98. The molecule has 0 saturated carbocycles. The zero-order chi connectivity index (χ0) is 21.1. The van der Waals surface area contributed by atoms with E-state index >= 15 is 0 Å². The number of nitrogens with zero attached hydrogens (tertiary/aromatic N) is 4. The van der Waals surface area contributed by atoms with Gasteiger partial charge in [-0.25, -0.2) is 19.7 Å². The Morgan fingerprint density at radius 2 is 2.00 bits per heavy atom. The van der Waals surface area contributed by atoms with Gasteiger partial charge < -0.3 is 15.0 Å². The number of benzene rings is 1. The van der Waals surface area contributed by atoms with Gasteiger partial charge in [-0.2, -0.15) is 0 Å². The molecule has 0 bridgehead atoms. The third-order valence-electron chi connectivity index (χ3n) is 5.28. The number of nitrogens with one attached hydrogen (secondary N) is 2. The van der Waals surface area contributed by atoms with Gasteiger partial charge in [0, 0.05) is 49.2 Å². The Morgan fingerprint density at radius 1 is 1.27 bits per heavy atom. The molecule has 2 amide bonds. The average Bonchev–Trinajstić information content (AvgIpc) is 3.14. The Bertz CT molecular complexity index is 1030. The number of thiazole rings is 1. The number of aromatic nitrogens is 3. The van der Waals surface area contributed by atoms with Crippen LogP contribution in [0.5, 0.6) is 5.75 Å². The van der Waals surface area contributed by atoms with Gasteiger partial charge in [-0.15, -0.1) is 0 Å². The number of fused-ring (bicyclic) bond motifs is 1. The summed E-state index contributed by atoms with van der Waals surface area (Å²) in [5.41, 5.74) is 2.53. The molecule has 0 unspecified atom stereocenters. The van der Waals surface area contributed by atoms with Crippen molar-refractivity contribution >= 4 is 38.7 Å². The van der Waals surface area contributed by atoms with Crippen LogP contribution in [-0.2, 0) is 0 Å². The first-order chi connectivity index (χ1) is 14.6. The fourth-order valence-electron chi connectivity index (χ4n) is 3.54. The lowest BCUT2D eigenvalue weighted by molar-refractivity contribution is 0.252. The van der Waals surface area contributed by atoms with E-state index in [1.54, 1.807) is 7.11 Å². The first-order valence-corrected chi connectivity index (χ1v) is 11.0. The van der Waals surface area contributed by atoms with Gasteiger partial charge in [0.2, 0.25) is 5.95 Å². The fraction of sp³-hybridized carbons (Fsp3) is 0.429. The Morgan fingerprint density at radius 3 is 2.67 bits per heavy atom. The maximum Gasteiger partial charge on any atom is 0.321 e. The molecule has 158 valence electrons. The van der Waals surface area contributed by atoms with Gasteiger partial charge in [-0.05, 0) is 31.7 Å². The number of hydrogen-bond acceptors (Lipinski definition) is 7. The van der Waals surface area contributed by atoms with E-state index in [1.165, 1.54) is 24.2 Å². The van der Waals surface area contributed by atoms with Gasteiger partial charge in [-0.3, -0.25) is 5.32 Å². The van der Waals surface area contributed by atoms with Crippen LogP contribution in [0.2, 0.25) is 0 Å². The molecule has 0 spiro atoms. The predicted molar refractivity (Wildman–Crippen MR) is 121 cm³/mol. The highest BCUT2D eigenvalue weighted by Gasteiger charge is 2.19. The van der Waals surface area contributed by atoms with Crippen LogP contribution in [0.4, 0.5) is 15.9 Å². The van der Waals surface area contributed by atoms with Crippen molar-refractivity contribution in [3.8, 4) is 16.9 Å². The second-order valence-corrected chi connectivity index (χ2v) is 8.50. The zero-order valence-electron chi connectivity index (χ0n) is 17.4. The Hall–Kier alpha value is -2.94. The van der Waals surface area contributed by atoms with Crippen LogP contribution in [-0.4, -0.2) is 47.7 Å². The van der Waals surface area contributed by atoms with Gasteiger partial charge in [-0.1, -0.05) is 18.3 Å². The molecule has 1 fully saturated rings. The number of carbonyl (C=O) groups is 1. The van der Waals surface area contributed by atoms with Crippen molar-refractivity contribution in [2.24, 2.45) is 5.92 Å². The van der Waals surface area contributed by atoms with Crippen molar-refractivity contribution in [2.45, 2.75) is 26.7 Å². The smallest absolute Gasteiger partial charge is 0.321 e. The van der Waals surface area contributed by atoms with Gasteiger partial charge in [0.15, 0.2) is 5.13 Å². The largest absolute Gasteiger partial charge is 0.496 e. The first-order valence-electron chi connectivity index (χ1n) is 10.2. The van der Waals surface area contributed by atoms with Crippen molar-refractivity contribution in [1.29, 1.82) is 0 Å². The minimum absolute atomic E-state index is 0.264. The average molecular weight is 427 g/mol. The molecule has 1 aliphatic rings. The van der Waals surface area contributed by atoms with Gasteiger partial charge in [0.05, 0.1) is 17.3 Å². The molecular weight excluding hydrogens is 400 g/mol. The Labute approximate surface area is 179 Å². The molecule has 3 aromatic rings. The number of urea groups is 1. The second kappa shape index (κ2) is 8.83. The monoisotopic (exact) mass is 426 g/mol. The molecule has 3 heterocycles. The molecule has 0 atom stereocenters. The van der Waals surface area contributed by atoms with Gasteiger partial charge in [0.25, 0.3) is 0 Å². The quantitative estimate of drug-likeness (QED) is 0.637. The third-order valence-corrected chi connectivity index (χ3v) is 6.22. The van der Waals surface area contributed by atoms with Crippen LogP contribution in [0.3, 0.4) is 0 Å². The van der Waals surface area contributed by atoms with Gasteiger partial charge in [0.1, 0.15) is 5.75 Å². The lowest BCUT2D eigenvalue weighted by Crippen LogP contribution is -2.33. The molecule has 30 heavy (non-hydrogen) atoms. The predicted octanol–water partition coefficient (Wildman–Crippen LogP) is 4.14. The van der Waals surface area contributed by atoms with Crippen molar-refractivity contribution in [3.63, 3.8) is 0 Å². The summed E-state index contributed by atoms with van der Waals surface area (Å²) >= 11 is 1.41. The number of amides is 2. The van der Waals surface area contributed by atoms with Crippen LogP contribution in [0.15, 0.2) is 24.5 Å². The molecule has 2 N–H and O–H groups in total. The number of hydrogen-bond donors (Lipinski definition) is 2. The van der Waals surface area contributed by atoms with Crippen LogP contribution < -0.4 is 20.3 Å². The third kappa shape index (κ3) is 4.30. The summed E-state index contributed by atoms with van der Waals surface area (Å²) in [7, 11) is 1.64. The molecule has 1 aliphatic heterocycles. The van der Waals surface area contributed by atoms with E-state index in [4.69, 9.17) is 4.74 Å². The maximum atomic E-state index is 11.8. The van der Waals surface area contributed by atoms with E-state index in [0.717, 1.165) is 52.0 Å². The van der Waals surface area contributed by atoms with Crippen molar-refractivity contribution in [3.05, 3.63) is 24.5 Å². The highest BCUT2D eigenvalue weighted by molar-refractivity contribution is 7.22. The Balaban J connectivity index is 1.60. The number of anilines is 2. The van der Waals surface area contributed by atoms with Crippen LogP contribution in [0, 0.1) is 5.92 Å². The number of methoxy groups -OCH3 is 1. The standard InChI is InChI=1S/C21H26N6O2S/c1-4-22-20(28)26-21-25-16-9-15(17(29-3)10-18(16)30-21)14-11-23-19(24-12-14)27-7-5-13(2)6-8-27/h9-13H,4-8H2,1-3H3,(H2,22,25,26,28). The summed E-state index contributed by atoms with van der Waals surface area (Å²) in [6, 6.07) is 3.62. The van der Waals surface area contributed by atoms with E-state index < -0.39 is 0 Å². The number of ether oxygens (including phenoxy) is 1. The number of carbonyl (C=O) groups excluding carboxylic acids is 1. The molecule has 9 heteroatoms. The highest BCUT2D eigenvalue weighted by atomic mass is 32.1. The van der Waals surface area contributed by atoms with Crippen molar-refractivity contribution < 1.29 is 9.53 Å². The molecule has 1 aromatic carbocycles. The van der Waals surface area contributed by atoms with E-state index in [1.807, 2.05) is 31.5 Å². The summed E-state index contributed by atoms with van der Waals surface area (Å²) in [6.45, 7) is 6.71. The molecule has 1 saturated heterocycles. The lowest BCUT2D eigenvalue weighted by atomic mass is 10.00. The van der Waals surface area contributed by atoms with Crippen molar-refractivity contribution in [2.75, 3.05) is 37.0 Å². The van der Waals surface area contributed by atoms with E-state index in [2.05, 4.69) is 37.4 Å². The molecule has 0 radical (unpaired) electrons. The molecule has 8 nitrogen and oxygen atoms in total. The van der Waals surface area contributed by atoms with Crippen LogP contribution in [0.1, 0.15) is 26.7 Å². The topological polar surface area (TPSA) is 92.3 Å². The van der Waals surface area contributed by atoms with Crippen LogP contribution in [0.25, 0.3) is 21.3 Å². The minimum atomic E-state index is -0.264. The molecule has 4 rings (SSSR count).